The van der Waals surface area contributed by atoms with Gasteiger partial charge >= 0.3 is 5.69 Å². The molecule has 1 N–H and O–H groups in total. The van der Waals surface area contributed by atoms with E-state index in [2.05, 4.69) is 10.2 Å². The van der Waals surface area contributed by atoms with Crippen molar-refractivity contribution < 1.29 is 14.5 Å². The highest BCUT2D eigenvalue weighted by molar-refractivity contribution is 6.06. The molecule has 1 amide bonds. The molecule has 26 heavy (non-hydrogen) atoms. The molecular formula is C19H21N3O4. The summed E-state index contributed by atoms with van der Waals surface area (Å²) in [7, 11) is 0. The molecule has 0 spiro atoms. The van der Waals surface area contributed by atoms with Crippen molar-refractivity contribution in [2.75, 3.05) is 29.9 Å². The van der Waals surface area contributed by atoms with Gasteiger partial charge < -0.3 is 15.0 Å². The summed E-state index contributed by atoms with van der Waals surface area (Å²) < 4.78 is 5.26. The Hall–Kier alpha value is -3.09. The van der Waals surface area contributed by atoms with Gasteiger partial charge in [-0.1, -0.05) is 12.1 Å². The van der Waals surface area contributed by atoms with Crippen LogP contribution in [-0.2, 0) is 0 Å². The third-order valence-corrected chi connectivity index (χ3v) is 4.32. The molecule has 7 nitrogen and oxygen atoms in total. The number of nitrogens with one attached hydrogen (secondary N) is 1. The van der Waals surface area contributed by atoms with Crippen molar-refractivity contribution in [1.82, 2.24) is 0 Å². The van der Waals surface area contributed by atoms with Crippen LogP contribution in [0.5, 0.6) is 5.75 Å². The van der Waals surface area contributed by atoms with E-state index in [4.69, 9.17) is 4.74 Å². The molecule has 2 aromatic carbocycles. The number of anilines is 2. The van der Waals surface area contributed by atoms with Gasteiger partial charge in [0.2, 0.25) is 0 Å². The van der Waals surface area contributed by atoms with Crippen molar-refractivity contribution in [2.24, 2.45) is 0 Å². The van der Waals surface area contributed by atoms with Crippen molar-refractivity contribution in [2.45, 2.75) is 19.8 Å². The molecule has 1 fully saturated rings. The van der Waals surface area contributed by atoms with E-state index in [0.717, 1.165) is 31.6 Å². The summed E-state index contributed by atoms with van der Waals surface area (Å²) in [4.78, 5) is 25.6. The van der Waals surface area contributed by atoms with Gasteiger partial charge in [0.25, 0.3) is 5.91 Å². The number of carbonyl (C=O) groups is 1. The van der Waals surface area contributed by atoms with Gasteiger partial charge in [-0.3, -0.25) is 14.9 Å². The number of rotatable bonds is 6. The van der Waals surface area contributed by atoms with Crippen LogP contribution in [0, 0.1) is 10.1 Å². The predicted molar refractivity (Wildman–Crippen MR) is 100 cm³/mol. The Balaban J connectivity index is 1.85. The van der Waals surface area contributed by atoms with E-state index in [0.29, 0.717) is 12.3 Å². The first-order valence-electron chi connectivity index (χ1n) is 8.66. The normalized spacial score (nSPS) is 13.5. The van der Waals surface area contributed by atoms with Crippen LogP contribution in [-0.4, -0.2) is 30.5 Å². The summed E-state index contributed by atoms with van der Waals surface area (Å²) >= 11 is 0. The molecule has 0 radical (unpaired) electrons. The summed E-state index contributed by atoms with van der Waals surface area (Å²) in [5, 5.41) is 14.1. The zero-order valence-corrected chi connectivity index (χ0v) is 14.6. The first-order valence-corrected chi connectivity index (χ1v) is 8.66. The zero-order chi connectivity index (χ0) is 18.5. The van der Waals surface area contributed by atoms with E-state index in [9.17, 15) is 14.9 Å². The highest BCUT2D eigenvalue weighted by Crippen LogP contribution is 2.31. The number of nitro groups is 1. The van der Waals surface area contributed by atoms with Gasteiger partial charge in [0, 0.05) is 24.7 Å². The monoisotopic (exact) mass is 355 g/mol. The van der Waals surface area contributed by atoms with E-state index in [1.165, 1.54) is 18.2 Å². The lowest BCUT2D eigenvalue weighted by atomic mass is 10.1. The number of carbonyl (C=O) groups excluding carboxylic acids is 1. The molecular weight excluding hydrogens is 334 g/mol. The van der Waals surface area contributed by atoms with Crippen molar-refractivity contribution in [3.8, 4) is 5.75 Å². The molecule has 0 aromatic heterocycles. The van der Waals surface area contributed by atoms with Gasteiger partial charge in [0.1, 0.15) is 0 Å². The molecule has 3 rings (SSSR count). The summed E-state index contributed by atoms with van der Waals surface area (Å²) in [6.07, 6.45) is 2.26. The smallest absolute Gasteiger partial charge is 0.311 e. The standard InChI is InChI=1S/C19H21N3O4/c1-2-26-18-10-9-14(13-17(18)22(24)25)19(23)20-15-7-3-4-8-16(15)21-11-5-6-12-21/h3-4,7-10,13H,2,5-6,11-12H2,1H3,(H,20,23). The highest BCUT2D eigenvalue weighted by atomic mass is 16.6. The van der Waals surface area contributed by atoms with Crippen molar-refractivity contribution >= 4 is 23.0 Å². The van der Waals surface area contributed by atoms with E-state index in [1.807, 2.05) is 24.3 Å². The van der Waals surface area contributed by atoms with Crippen LogP contribution >= 0.6 is 0 Å². The van der Waals surface area contributed by atoms with E-state index in [-0.39, 0.29) is 22.9 Å². The fraction of sp³-hybridized carbons (Fsp3) is 0.316. The molecule has 7 heteroatoms. The Morgan fingerprint density at radius 3 is 2.65 bits per heavy atom. The average molecular weight is 355 g/mol. The molecule has 2 aromatic rings. The van der Waals surface area contributed by atoms with E-state index in [1.54, 1.807) is 6.92 Å². The van der Waals surface area contributed by atoms with Crippen LogP contribution in [0.2, 0.25) is 0 Å². The largest absolute Gasteiger partial charge is 0.487 e. The minimum Gasteiger partial charge on any atom is -0.487 e. The second-order valence-corrected chi connectivity index (χ2v) is 6.04. The van der Waals surface area contributed by atoms with Gasteiger partial charge in [0.05, 0.1) is 22.9 Å². The summed E-state index contributed by atoms with van der Waals surface area (Å²) in [6, 6.07) is 11.9. The molecule has 1 aliphatic rings. The lowest BCUT2D eigenvalue weighted by Crippen LogP contribution is -2.21. The number of ether oxygens (including phenoxy) is 1. The molecule has 0 atom stereocenters. The summed E-state index contributed by atoms with van der Waals surface area (Å²) in [5.74, 6) is -0.227. The predicted octanol–water partition coefficient (Wildman–Crippen LogP) is 3.85. The van der Waals surface area contributed by atoms with Crippen LogP contribution in [0.25, 0.3) is 0 Å². The van der Waals surface area contributed by atoms with Crippen LogP contribution in [0.3, 0.4) is 0 Å². The number of nitrogens with zero attached hydrogens (tertiary/aromatic N) is 2. The maximum Gasteiger partial charge on any atom is 0.311 e. The number of hydrogen-bond acceptors (Lipinski definition) is 5. The van der Waals surface area contributed by atoms with Gasteiger partial charge in [0.15, 0.2) is 5.75 Å². The SMILES string of the molecule is CCOc1ccc(C(=O)Nc2ccccc2N2CCCC2)cc1[N+](=O)[O-]. The molecule has 0 bridgehead atoms. The Bertz CT molecular complexity index is 816. The van der Waals surface area contributed by atoms with Crippen LogP contribution in [0.15, 0.2) is 42.5 Å². The lowest BCUT2D eigenvalue weighted by molar-refractivity contribution is -0.385. The van der Waals surface area contributed by atoms with Crippen LogP contribution in [0.1, 0.15) is 30.1 Å². The number of para-hydroxylation sites is 2. The Labute approximate surface area is 151 Å². The maximum atomic E-state index is 12.6. The van der Waals surface area contributed by atoms with Gasteiger partial charge in [-0.15, -0.1) is 0 Å². The maximum absolute atomic E-state index is 12.6. The summed E-state index contributed by atoms with van der Waals surface area (Å²) in [5.41, 5.74) is 1.68. The first kappa shape index (κ1) is 17.7. The highest BCUT2D eigenvalue weighted by Gasteiger charge is 2.20. The fourth-order valence-corrected chi connectivity index (χ4v) is 3.09. The van der Waals surface area contributed by atoms with Crippen molar-refractivity contribution in [3.63, 3.8) is 0 Å². The van der Waals surface area contributed by atoms with Crippen LogP contribution in [0.4, 0.5) is 17.1 Å². The molecule has 136 valence electrons. The molecule has 1 aliphatic heterocycles. The van der Waals surface area contributed by atoms with Gasteiger partial charge in [-0.25, -0.2) is 0 Å². The van der Waals surface area contributed by atoms with Crippen LogP contribution < -0.4 is 15.0 Å². The Morgan fingerprint density at radius 2 is 1.96 bits per heavy atom. The lowest BCUT2D eigenvalue weighted by Gasteiger charge is -2.21. The number of hydrogen-bond donors (Lipinski definition) is 1. The van der Waals surface area contributed by atoms with Gasteiger partial charge in [-0.05, 0) is 44.0 Å². The molecule has 1 heterocycles. The zero-order valence-electron chi connectivity index (χ0n) is 14.6. The molecule has 0 saturated carbocycles. The van der Waals surface area contributed by atoms with E-state index >= 15 is 0 Å². The minimum absolute atomic E-state index is 0.159. The van der Waals surface area contributed by atoms with E-state index < -0.39 is 4.92 Å². The van der Waals surface area contributed by atoms with Crippen molar-refractivity contribution in [1.29, 1.82) is 0 Å². The van der Waals surface area contributed by atoms with Gasteiger partial charge in [-0.2, -0.15) is 0 Å². The minimum atomic E-state index is -0.542. The Morgan fingerprint density at radius 1 is 1.23 bits per heavy atom. The third-order valence-electron chi connectivity index (χ3n) is 4.32. The topological polar surface area (TPSA) is 84.7 Å². The third kappa shape index (κ3) is 3.77. The second-order valence-electron chi connectivity index (χ2n) is 6.04. The summed E-state index contributed by atoms with van der Waals surface area (Å²) in [6.45, 7) is 3.98. The second kappa shape index (κ2) is 7.86. The molecule has 1 saturated heterocycles. The number of amides is 1. The fourth-order valence-electron chi connectivity index (χ4n) is 3.09. The number of nitro benzene ring substituents is 1. The average Bonchev–Trinajstić information content (AvgIpc) is 3.17. The van der Waals surface area contributed by atoms with Crippen molar-refractivity contribution in [3.05, 3.63) is 58.1 Å². The molecule has 0 aliphatic carbocycles. The quantitative estimate of drug-likeness (QED) is 0.628. The number of benzene rings is 2. The first-order chi connectivity index (χ1) is 12.6. The Kier molecular flexibility index (Phi) is 5.36. The molecule has 0 unspecified atom stereocenters.